The highest BCUT2D eigenvalue weighted by Gasteiger charge is 2.53. The van der Waals surface area contributed by atoms with Gasteiger partial charge < -0.3 is 24.1 Å². The van der Waals surface area contributed by atoms with Crippen molar-refractivity contribution in [3.8, 4) is 0 Å². The third kappa shape index (κ3) is 7.80. The van der Waals surface area contributed by atoms with Gasteiger partial charge in [0, 0.05) is 18.4 Å². The van der Waals surface area contributed by atoms with Crippen molar-refractivity contribution in [3.63, 3.8) is 0 Å². The number of hydrogen-bond acceptors (Lipinski definition) is 5. The summed E-state index contributed by atoms with van der Waals surface area (Å²) in [6, 6.07) is 0. The highest BCUT2D eigenvalue weighted by Crippen LogP contribution is 2.50. The summed E-state index contributed by atoms with van der Waals surface area (Å²) >= 11 is 0. The van der Waals surface area contributed by atoms with Crippen LogP contribution in [0.25, 0.3) is 0 Å². The van der Waals surface area contributed by atoms with E-state index in [1.807, 2.05) is 0 Å². The van der Waals surface area contributed by atoms with Gasteiger partial charge in [0.25, 0.3) is 0 Å². The molecule has 0 amide bonds. The Labute approximate surface area is 245 Å². The number of aliphatic hydroxyl groups excluding tert-OH is 1. The SMILES string of the molecule is CCC[C@H]1C(OC2CCCCO2)C[C@H](O)[C@]1(C)CC=CCCC(O[Si](C)(C)C(C)(C)C)(C(=O)O)C1CCCCC1. The fourth-order valence-corrected chi connectivity index (χ4v) is 8.77. The first kappa shape index (κ1) is 33.8. The van der Waals surface area contributed by atoms with E-state index in [2.05, 4.69) is 59.9 Å². The molecule has 1 saturated heterocycles. The maximum atomic E-state index is 13.0. The summed E-state index contributed by atoms with van der Waals surface area (Å²) in [5, 5.41) is 21.9. The molecule has 1 heterocycles. The topological polar surface area (TPSA) is 85.2 Å². The normalized spacial score (nSPS) is 32.4. The highest BCUT2D eigenvalue weighted by molar-refractivity contribution is 6.74. The number of carboxylic acid groups (broad SMARTS) is 1. The summed E-state index contributed by atoms with van der Waals surface area (Å²) in [5.41, 5.74) is -1.40. The molecule has 6 atom stereocenters. The van der Waals surface area contributed by atoms with Gasteiger partial charge in [-0.15, -0.1) is 0 Å². The Morgan fingerprint density at radius 1 is 1.07 bits per heavy atom. The zero-order valence-electron chi connectivity index (χ0n) is 26.7. The molecule has 3 fully saturated rings. The lowest BCUT2D eigenvalue weighted by molar-refractivity contribution is -0.198. The van der Waals surface area contributed by atoms with Crippen LogP contribution in [0, 0.1) is 17.3 Å². The van der Waals surface area contributed by atoms with E-state index in [1.54, 1.807) is 0 Å². The maximum Gasteiger partial charge on any atom is 0.335 e. The quantitative estimate of drug-likeness (QED) is 0.169. The van der Waals surface area contributed by atoms with Crippen LogP contribution in [0.15, 0.2) is 12.2 Å². The first-order chi connectivity index (χ1) is 18.8. The molecule has 232 valence electrons. The van der Waals surface area contributed by atoms with Gasteiger partial charge in [-0.2, -0.15) is 0 Å². The zero-order chi connectivity index (χ0) is 29.6. The Hall–Kier alpha value is -0.733. The van der Waals surface area contributed by atoms with E-state index in [9.17, 15) is 15.0 Å². The third-order valence-electron chi connectivity index (χ3n) is 10.9. The first-order valence-corrected chi connectivity index (χ1v) is 19.2. The standard InChI is InChI=1S/C33H60O6Si/c1-8-17-26-27(38-29-20-13-16-23-37-29)24-28(34)32(26,5)21-14-10-15-22-33(30(35)36,25-18-11-9-12-19-25)39-40(6,7)31(2,3)4/h10,14,25-29,34H,8-9,11-13,15-24H2,1-7H3,(H,35,36)/t26-,27?,28-,29?,32+,33?/m0/s1. The molecule has 2 saturated carbocycles. The Kier molecular flexibility index (Phi) is 12.0. The number of hydrogen-bond donors (Lipinski definition) is 2. The van der Waals surface area contributed by atoms with Crippen molar-refractivity contribution in [2.75, 3.05) is 6.61 Å². The van der Waals surface area contributed by atoms with Crippen LogP contribution in [0.5, 0.6) is 0 Å². The Balaban J connectivity index is 1.71. The fourth-order valence-electron chi connectivity index (χ4n) is 7.20. The molecule has 3 rings (SSSR count). The van der Waals surface area contributed by atoms with Crippen molar-refractivity contribution in [2.45, 2.75) is 167 Å². The second-order valence-corrected chi connectivity index (χ2v) is 19.5. The van der Waals surface area contributed by atoms with Crippen LogP contribution in [0.2, 0.25) is 18.1 Å². The van der Waals surface area contributed by atoms with E-state index < -0.39 is 26.0 Å². The molecular weight excluding hydrogens is 520 g/mol. The molecule has 2 N–H and O–H groups in total. The monoisotopic (exact) mass is 580 g/mol. The van der Waals surface area contributed by atoms with Gasteiger partial charge in [0.1, 0.15) is 0 Å². The molecule has 0 spiro atoms. The molecule has 40 heavy (non-hydrogen) atoms. The molecule has 6 nitrogen and oxygen atoms in total. The lowest BCUT2D eigenvalue weighted by Gasteiger charge is -2.47. The van der Waals surface area contributed by atoms with Crippen LogP contribution in [-0.4, -0.2) is 55.2 Å². The van der Waals surface area contributed by atoms with Gasteiger partial charge in [-0.25, -0.2) is 4.79 Å². The number of carboxylic acids is 1. The Morgan fingerprint density at radius 3 is 2.33 bits per heavy atom. The first-order valence-electron chi connectivity index (χ1n) is 16.3. The van der Waals surface area contributed by atoms with E-state index in [0.29, 0.717) is 19.3 Å². The van der Waals surface area contributed by atoms with Crippen molar-refractivity contribution in [1.29, 1.82) is 0 Å². The van der Waals surface area contributed by atoms with Crippen LogP contribution >= 0.6 is 0 Å². The predicted molar refractivity (Wildman–Crippen MR) is 164 cm³/mol. The van der Waals surface area contributed by atoms with E-state index >= 15 is 0 Å². The van der Waals surface area contributed by atoms with E-state index in [1.165, 1.54) is 6.42 Å². The number of ether oxygens (including phenoxy) is 2. The van der Waals surface area contributed by atoms with Gasteiger partial charge in [-0.1, -0.05) is 72.5 Å². The maximum absolute atomic E-state index is 13.0. The molecule has 0 radical (unpaired) electrons. The second-order valence-electron chi connectivity index (χ2n) is 14.7. The summed E-state index contributed by atoms with van der Waals surface area (Å²) in [5.74, 6) is -0.460. The predicted octanol–water partition coefficient (Wildman–Crippen LogP) is 8.24. The number of carbonyl (C=O) groups is 1. The minimum absolute atomic E-state index is 0.0143. The van der Waals surface area contributed by atoms with Crippen molar-refractivity contribution < 1.29 is 28.9 Å². The molecule has 2 aliphatic carbocycles. The van der Waals surface area contributed by atoms with Gasteiger partial charge >= 0.3 is 5.97 Å². The van der Waals surface area contributed by atoms with E-state index in [0.717, 1.165) is 70.8 Å². The number of rotatable bonds is 13. The van der Waals surface area contributed by atoms with Crippen molar-refractivity contribution in [3.05, 3.63) is 12.2 Å². The van der Waals surface area contributed by atoms with Gasteiger partial charge in [0.05, 0.1) is 12.2 Å². The van der Waals surface area contributed by atoms with Gasteiger partial charge in [-0.05, 0) is 87.8 Å². The minimum atomic E-state index is -2.30. The van der Waals surface area contributed by atoms with Gasteiger partial charge in [0.2, 0.25) is 0 Å². The second kappa shape index (κ2) is 14.2. The molecule has 3 unspecified atom stereocenters. The molecule has 7 heteroatoms. The molecular formula is C33H60O6Si. The third-order valence-corrected chi connectivity index (χ3v) is 15.3. The molecule has 0 aromatic heterocycles. The summed E-state index contributed by atoms with van der Waals surface area (Å²) in [6.07, 6.45) is 16.8. The van der Waals surface area contributed by atoms with Gasteiger partial charge in [-0.3, -0.25) is 0 Å². The van der Waals surface area contributed by atoms with Crippen LogP contribution in [0.4, 0.5) is 0 Å². The smallest absolute Gasteiger partial charge is 0.335 e. The highest BCUT2D eigenvalue weighted by atomic mass is 28.4. The van der Waals surface area contributed by atoms with Crippen molar-refractivity contribution in [1.82, 2.24) is 0 Å². The van der Waals surface area contributed by atoms with Crippen molar-refractivity contribution >= 4 is 14.3 Å². The molecule has 0 aromatic carbocycles. The minimum Gasteiger partial charge on any atom is -0.479 e. The lowest BCUT2D eigenvalue weighted by Crippen LogP contribution is -2.57. The summed E-state index contributed by atoms with van der Waals surface area (Å²) in [4.78, 5) is 13.0. The molecule has 0 aromatic rings. The largest absolute Gasteiger partial charge is 0.479 e. The average molecular weight is 581 g/mol. The number of aliphatic hydroxyl groups is 1. The van der Waals surface area contributed by atoms with Crippen molar-refractivity contribution in [2.24, 2.45) is 17.3 Å². The molecule has 0 bridgehead atoms. The van der Waals surface area contributed by atoms with E-state index in [4.69, 9.17) is 13.9 Å². The fraction of sp³-hybridized carbons (Fsp3) is 0.909. The van der Waals surface area contributed by atoms with Crippen LogP contribution in [0.1, 0.15) is 125 Å². The van der Waals surface area contributed by atoms with Crippen LogP contribution in [-0.2, 0) is 18.7 Å². The Morgan fingerprint density at radius 2 is 1.75 bits per heavy atom. The number of allylic oxidation sites excluding steroid dienone is 2. The average Bonchev–Trinajstić information content (AvgIpc) is 3.12. The van der Waals surface area contributed by atoms with Gasteiger partial charge in [0.15, 0.2) is 20.2 Å². The van der Waals surface area contributed by atoms with E-state index in [-0.39, 0.29) is 34.7 Å². The lowest BCUT2D eigenvalue weighted by atomic mass is 9.72. The summed E-state index contributed by atoms with van der Waals surface area (Å²) < 4.78 is 19.2. The van der Waals surface area contributed by atoms with Crippen LogP contribution < -0.4 is 0 Å². The summed E-state index contributed by atoms with van der Waals surface area (Å²) in [7, 11) is -2.30. The molecule has 3 aliphatic rings. The Bertz CT molecular complexity index is 825. The van der Waals surface area contributed by atoms with Crippen LogP contribution in [0.3, 0.4) is 0 Å². The number of aliphatic carboxylic acids is 1. The summed E-state index contributed by atoms with van der Waals surface area (Å²) in [6.45, 7) is 16.1. The molecule has 1 aliphatic heterocycles. The zero-order valence-corrected chi connectivity index (χ0v) is 27.7.